The van der Waals surface area contributed by atoms with E-state index in [0.29, 0.717) is 13.2 Å². The van der Waals surface area contributed by atoms with Gasteiger partial charge in [-0.05, 0) is 18.9 Å². The summed E-state index contributed by atoms with van der Waals surface area (Å²) >= 11 is 0. The standard InChI is InChI=1S/C11H18F3NO3/c1-8(6-18-2)5-15-4-3-10(7-15,9(16)17)11(12,13)14/h8H,3-7H2,1-2H3,(H,16,17). The Labute approximate surface area is 104 Å². The first-order chi connectivity index (χ1) is 8.23. The van der Waals surface area contributed by atoms with Gasteiger partial charge in [0.25, 0.3) is 0 Å². The van der Waals surface area contributed by atoms with E-state index in [4.69, 9.17) is 9.84 Å². The maximum absolute atomic E-state index is 12.9. The van der Waals surface area contributed by atoms with Crippen LogP contribution in [0.25, 0.3) is 0 Å². The first kappa shape index (κ1) is 15.2. The van der Waals surface area contributed by atoms with Gasteiger partial charge in [-0.15, -0.1) is 0 Å². The minimum atomic E-state index is -4.71. The van der Waals surface area contributed by atoms with Gasteiger partial charge >= 0.3 is 12.1 Å². The molecule has 7 heteroatoms. The summed E-state index contributed by atoms with van der Waals surface area (Å²) in [6.45, 7) is 2.40. The number of hydrogen-bond acceptors (Lipinski definition) is 3. The van der Waals surface area contributed by atoms with E-state index in [1.807, 2.05) is 6.92 Å². The molecule has 1 saturated heterocycles. The Morgan fingerprint density at radius 1 is 1.56 bits per heavy atom. The molecule has 106 valence electrons. The molecule has 0 radical (unpaired) electrons. The Balaban J connectivity index is 2.70. The van der Waals surface area contributed by atoms with Gasteiger partial charge in [0.05, 0.1) is 0 Å². The zero-order valence-electron chi connectivity index (χ0n) is 10.5. The Hall–Kier alpha value is -0.820. The fraction of sp³-hybridized carbons (Fsp3) is 0.909. The largest absolute Gasteiger partial charge is 0.481 e. The van der Waals surface area contributed by atoms with Crippen molar-refractivity contribution in [2.24, 2.45) is 11.3 Å². The molecule has 1 aliphatic rings. The quantitative estimate of drug-likeness (QED) is 0.823. The van der Waals surface area contributed by atoms with Gasteiger partial charge < -0.3 is 14.7 Å². The molecular formula is C11H18F3NO3. The summed E-state index contributed by atoms with van der Waals surface area (Å²) in [6.07, 6.45) is -5.09. The van der Waals surface area contributed by atoms with Crippen molar-refractivity contribution in [3.05, 3.63) is 0 Å². The Bertz CT molecular complexity index is 308. The van der Waals surface area contributed by atoms with Crippen LogP contribution in [0, 0.1) is 11.3 Å². The first-order valence-corrected chi connectivity index (χ1v) is 5.74. The molecule has 0 spiro atoms. The molecule has 1 rings (SSSR count). The predicted octanol–water partition coefficient (Wildman–Crippen LogP) is 1.61. The second-order valence-electron chi connectivity index (χ2n) is 4.93. The van der Waals surface area contributed by atoms with Gasteiger partial charge in [0, 0.05) is 26.8 Å². The van der Waals surface area contributed by atoms with E-state index in [9.17, 15) is 18.0 Å². The number of carboxylic acid groups (broad SMARTS) is 1. The van der Waals surface area contributed by atoms with E-state index in [1.54, 1.807) is 4.90 Å². The number of hydrogen-bond donors (Lipinski definition) is 1. The van der Waals surface area contributed by atoms with Crippen molar-refractivity contribution in [2.45, 2.75) is 19.5 Å². The Kier molecular flexibility index (Phi) is 4.61. The van der Waals surface area contributed by atoms with E-state index in [1.165, 1.54) is 7.11 Å². The van der Waals surface area contributed by atoms with Crippen molar-refractivity contribution in [3.8, 4) is 0 Å². The van der Waals surface area contributed by atoms with Gasteiger partial charge in [-0.25, -0.2) is 0 Å². The highest BCUT2D eigenvalue weighted by Gasteiger charge is 2.63. The number of carbonyl (C=O) groups is 1. The smallest absolute Gasteiger partial charge is 0.406 e. The van der Waals surface area contributed by atoms with Crippen LogP contribution in [0.2, 0.25) is 0 Å². The third-order valence-electron chi connectivity index (χ3n) is 3.32. The molecule has 0 aromatic carbocycles. The second kappa shape index (κ2) is 5.44. The lowest BCUT2D eigenvalue weighted by Crippen LogP contribution is -2.47. The zero-order valence-corrected chi connectivity index (χ0v) is 10.5. The van der Waals surface area contributed by atoms with Gasteiger partial charge in [0.1, 0.15) is 0 Å². The summed E-state index contributed by atoms with van der Waals surface area (Å²) in [5, 5.41) is 8.88. The molecule has 2 atom stereocenters. The van der Waals surface area contributed by atoms with Crippen molar-refractivity contribution in [1.29, 1.82) is 0 Å². The van der Waals surface area contributed by atoms with Crippen LogP contribution >= 0.6 is 0 Å². The first-order valence-electron chi connectivity index (χ1n) is 5.74. The maximum Gasteiger partial charge on any atom is 0.406 e. The molecule has 1 heterocycles. The van der Waals surface area contributed by atoms with Crippen LogP contribution in [0.1, 0.15) is 13.3 Å². The number of ether oxygens (including phenoxy) is 1. The predicted molar refractivity (Wildman–Crippen MR) is 58.2 cm³/mol. The average molecular weight is 269 g/mol. The molecule has 1 fully saturated rings. The lowest BCUT2D eigenvalue weighted by atomic mass is 9.86. The molecule has 2 unspecified atom stereocenters. The Morgan fingerprint density at radius 2 is 2.17 bits per heavy atom. The molecule has 0 bridgehead atoms. The van der Waals surface area contributed by atoms with Gasteiger partial charge in [-0.3, -0.25) is 4.79 Å². The highest BCUT2D eigenvalue weighted by atomic mass is 19.4. The molecule has 1 N–H and O–H groups in total. The van der Waals surface area contributed by atoms with Crippen molar-refractivity contribution >= 4 is 5.97 Å². The fourth-order valence-electron chi connectivity index (χ4n) is 2.35. The molecular weight excluding hydrogens is 251 g/mol. The number of nitrogens with zero attached hydrogens (tertiary/aromatic N) is 1. The number of alkyl halides is 3. The van der Waals surface area contributed by atoms with Crippen LogP contribution in [0.4, 0.5) is 13.2 Å². The molecule has 0 amide bonds. The fourth-order valence-corrected chi connectivity index (χ4v) is 2.35. The number of aliphatic carboxylic acids is 1. The molecule has 4 nitrogen and oxygen atoms in total. The minimum Gasteiger partial charge on any atom is -0.481 e. The van der Waals surface area contributed by atoms with Crippen molar-refractivity contribution < 1.29 is 27.8 Å². The monoisotopic (exact) mass is 269 g/mol. The van der Waals surface area contributed by atoms with Gasteiger partial charge in [0.15, 0.2) is 5.41 Å². The number of halogens is 3. The van der Waals surface area contributed by atoms with Gasteiger partial charge in [-0.1, -0.05) is 6.92 Å². The highest BCUT2D eigenvalue weighted by Crippen LogP contribution is 2.45. The van der Waals surface area contributed by atoms with Crippen molar-refractivity contribution in [2.75, 3.05) is 33.4 Å². The van der Waals surface area contributed by atoms with Gasteiger partial charge in [0.2, 0.25) is 0 Å². The van der Waals surface area contributed by atoms with Crippen LogP contribution in [0.3, 0.4) is 0 Å². The van der Waals surface area contributed by atoms with Crippen molar-refractivity contribution in [3.63, 3.8) is 0 Å². The minimum absolute atomic E-state index is 0.0767. The van der Waals surface area contributed by atoms with Crippen LogP contribution in [0.5, 0.6) is 0 Å². The summed E-state index contributed by atoms with van der Waals surface area (Å²) < 4.78 is 43.6. The lowest BCUT2D eigenvalue weighted by Gasteiger charge is -2.28. The summed E-state index contributed by atoms with van der Waals surface area (Å²) in [6, 6.07) is 0. The van der Waals surface area contributed by atoms with Crippen LogP contribution in [-0.4, -0.2) is 55.5 Å². The number of rotatable bonds is 5. The summed E-state index contributed by atoms with van der Waals surface area (Å²) in [7, 11) is 1.53. The van der Waals surface area contributed by atoms with Gasteiger partial charge in [-0.2, -0.15) is 13.2 Å². The van der Waals surface area contributed by atoms with E-state index in [0.717, 1.165) is 0 Å². The molecule has 18 heavy (non-hydrogen) atoms. The van der Waals surface area contributed by atoms with E-state index >= 15 is 0 Å². The van der Waals surface area contributed by atoms with Crippen molar-refractivity contribution in [1.82, 2.24) is 4.90 Å². The van der Waals surface area contributed by atoms with Crippen LogP contribution in [-0.2, 0) is 9.53 Å². The maximum atomic E-state index is 12.9. The number of methoxy groups -OCH3 is 1. The third kappa shape index (κ3) is 2.95. The number of likely N-dealkylation sites (tertiary alicyclic amines) is 1. The van der Waals surface area contributed by atoms with Crippen LogP contribution < -0.4 is 0 Å². The highest BCUT2D eigenvalue weighted by molar-refractivity contribution is 5.76. The zero-order chi connectivity index (χ0) is 14.0. The molecule has 0 aliphatic carbocycles. The lowest BCUT2D eigenvalue weighted by molar-refractivity contribution is -0.227. The summed E-state index contributed by atoms with van der Waals surface area (Å²) in [4.78, 5) is 12.5. The summed E-state index contributed by atoms with van der Waals surface area (Å²) in [5.74, 6) is -1.70. The molecule has 1 aliphatic heterocycles. The SMILES string of the molecule is COCC(C)CN1CCC(C(=O)O)(C(F)(F)F)C1. The van der Waals surface area contributed by atoms with Crippen LogP contribution in [0.15, 0.2) is 0 Å². The Morgan fingerprint density at radius 3 is 2.56 bits per heavy atom. The molecule has 0 saturated carbocycles. The normalized spacial score (nSPS) is 27.4. The topological polar surface area (TPSA) is 49.8 Å². The molecule has 0 aromatic heterocycles. The van der Waals surface area contributed by atoms with E-state index in [2.05, 4.69) is 0 Å². The number of carboxylic acids is 1. The van der Waals surface area contributed by atoms with E-state index in [-0.39, 0.29) is 18.9 Å². The summed E-state index contributed by atoms with van der Waals surface area (Å²) in [5.41, 5.74) is -2.61. The van der Waals surface area contributed by atoms with E-state index < -0.39 is 24.1 Å². The molecule has 0 aromatic rings. The third-order valence-corrected chi connectivity index (χ3v) is 3.32. The second-order valence-corrected chi connectivity index (χ2v) is 4.93. The average Bonchev–Trinajstić information content (AvgIpc) is 2.62.